The maximum absolute atomic E-state index is 13.3. The average molecular weight is 617 g/mol. The number of benzene rings is 4. The minimum Gasteiger partial charge on any atom is -0.166 e. The van der Waals surface area contributed by atoms with Gasteiger partial charge < -0.3 is 0 Å². The number of thiophene rings is 2. The van der Waals surface area contributed by atoms with E-state index in [-0.39, 0.29) is 0 Å². The quantitative estimate of drug-likeness (QED) is 0.170. The zero-order valence-corrected chi connectivity index (χ0v) is 23.6. The minimum atomic E-state index is -4.42. The molecule has 0 saturated carbocycles. The summed E-state index contributed by atoms with van der Waals surface area (Å²) in [4.78, 5) is 3.77. The molecule has 2 heterocycles. The third kappa shape index (κ3) is 3.76. The van der Waals surface area contributed by atoms with Crippen LogP contribution in [0, 0.1) is 0 Å². The van der Waals surface area contributed by atoms with Crippen molar-refractivity contribution in [2.75, 3.05) is 0 Å². The molecule has 0 atom stereocenters. The second-order valence-electron chi connectivity index (χ2n) is 10.7. The van der Waals surface area contributed by atoms with Gasteiger partial charge in [-0.3, -0.25) is 0 Å². The summed E-state index contributed by atoms with van der Waals surface area (Å²) in [5, 5.41) is 0. The standard InChI is InChI=1S/C35H18F6S2/c36-34(37,38)21-13-9-19(10-14-21)29-17-27-31(42-29)32-28(18-30(43-32)20-11-15-22(16-12-20)35(39,40)41)33(27)25-7-3-1-5-23(25)24-6-2-4-8-26(24)33/h1-18H. The molecule has 8 heteroatoms. The van der Waals surface area contributed by atoms with Crippen molar-refractivity contribution in [2.45, 2.75) is 17.8 Å². The number of hydrogen-bond acceptors (Lipinski definition) is 2. The number of fused-ring (bicyclic) bond motifs is 10. The molecule has 2 aliphatic carbocycles. The van der Waals surface area contributed by atoms with E-state index in [1.807, 2.05) is 24.3 Å². The van der Waals surface area contributed by atoms with Crippen LogP contribution in [0.1, 0.15) is 33.4 Å². The van der Waals surface area contributed by atoms with E-state index in [0.29, 0.717) is 11.1 Å². The van der Waals surface area contributed by atoms with E-state index in [1.165, 1.54) is 46.9 Å². The topological polar surface area (TPSA) is 0 Å². The highest BCUT2D eigenvalue weighted by Gasteiger charge is 2.53. The van der Waals surface area contributed by atoms with E-state index in [4.69, 9.17) is 0 Å². The number of halogens is 6. The van der Waals surface area contributed by atoms with Gasteiger partial charge >= 0.3 is 12.4 Å². The van der Waals surface area contributed by atoms with Crippen molar-refractivity contribution < 1.29 is 26.3 Å². The molecule has 8 rings (SSSR count). The van der Waals surface area contributed by atoms with Crippen LogP contribution in [0.4, 0.5) is 26.3 Å². The average Bonchev–Trinajstić information content (AvgIpc) is 3.73. The Morgan fingerprint density at radius 3 is 1.19 bits per heavy atom. The summed E-state index contributed by atoms with van der Waals surface area (Å²) in [6.07, 6.45) is -8.84. The molecule has 43 heavy (non-hydrogen) atoms. The Kier molecular flexibility index (Phi) is 5.51. The van der Waals surface area contributed by atoms with Gasteiger partial charge in [-0.1, -0.05) is 72.8 Å². The maximum atomic E-state index is 13.3. The van der Waals surface area contributed by atoms with Crippen LogP contribution in [0.15, 0.2) is 109 Å². The Morgan fingerprint density at radius 1 is 0.442 bits per heavy atom. The first-order valence-electron chi connectivity index (χ1n) is 13.4. The molecule has 1 spiro atoms. The molecular formula is C35H18F6S2. The lowest BCUT2D eigenvalue weighted by molar-refractivity contribution is -0.138. The molecule has 0 amide bonds. The first kappa shape index (κ1) is 26.5. The second-order valence-corrected chi connectivity index (χ2v) is 12.8. The second kappa shape index (κ2) is 8.94. The van der Waals surface area contributed by atoms with Gasteiger partial charge in [0.2, 0.25) is 0 Å². The van der Waals surface area contributed by atoms with Crippen LogP contribution >= 0.6 is 22.7 Å². The highest BCUT2D eigenvalue weighted by Crippen LogP contribution is 2.67. The van der Waals surface area contributed by atoms with Crippen molar-refractivity contribution in [2.24, 2.45) is 0 Å². The van der Waals surface area contributed by atoms with E-state index in [1.54, 1.807) is 0 Å². The molecule has 0 bridgehead atoms. The summed E-state index contributed by atoms with van der Waals surface area (Å²) in [5.74, 6) is 0. The van der Waals surface area contributed by atoms with Crippen molar-refractivity contribution in [1.29, 1.82) is 0 Å². The van der Waals surface area contributed by atoms with E-state index in [9.17, 15) is 26.3 Å². The lowest BCUT2D eigenvalue weighted by Crippen LogP contribution is -2.25. The Labute approximate surface area is 250 Å². The largest absolute Gasteiger partial charge is 0.416 e. The molecule has 0 nitrogen and oxygen atoms in total. The first-order valence-corrected chi connectivity index (χ1v) is 15.0. The molecule has 0 N–H and O–H groups in total. The van der Waals surface area contributed by atoms with E-state index >= 15 is 0 Å². The van der Waals surface area contributed by atoms with Crippen LogP contribution in [0.3, 0.4) is 0 Å². The van der Waals surface area contributed by atoms with Crippen molar-refractivity contribution >= 4 is 22.7 Å². The zero-order chi connectivity index (χ0) is 29.7. The van der Waals surface area contributed by atoms with Gasteiger partial charge in [0.25, 0.3) is 0 Å². The Bertz CT molecular complexity index is 1890. The third-order valence-electron chi connectivity index (χ3n) is 8.42. The van der Waals surface area contributed by atoms with Crippen LogP contribution in [0.25, 0.3) is 41.8 Å². The smallest absolute Gasteiger partial charge is 0.166 e. The van der Waals surface area contributed by atoms with Gasteiger partial charge in [-0.2, -0.15) is 26.3 Å². The summed E-state index contributed by atoms with van der Waals surface area (Å²) >= 11 is 3.07. The van der Waals surface area contributed by atoms with Gasteiger partial charge in [0.05, 0.1) is 26.3 Å². The third-order valence-corrected chi connectivity index (χ3v) is 11.0. The van der Waals surface area contributed by atoms with E-state index in [0.717, 1.165) is 77.2 Å². The number of hydrogen-bond donors (Lipinski definition) is 0. The Balaban J connectivity index is 1.36. The molecule has 0 aliphatic heterocycles. The summed E-state index contributed by atoms with van der Waals surface area (Å²) in [6, 6.07) is 31.2. The molecule has 0 radical (unpaired) electrons. The predicted octanol–water partition coefficient (Wildman–Crippen LogP) is 11.5. The monoisotopic (exact) mass is 616 g/mol. The van der Waals surface area contributed by atoms with Gasteiger partial charge in [0.15, 0.2) is 0 Å². The van der Waals surface area contributed by atoms with Gasteiger partial charge in [0.1, 0.15) is 0 Å². The fraction of sp³-hybridized carbons (Fsp3) is 0.0857. The predicted molar refractivity (Wildman–Crippen MR) is 159 cm³/mol. The lowest BCUT2D eigenvalue weighted by atomic mass is 9.71. The maximum Gasteiger partial charge on any atom is 0.416 e. The lowest BCUT2D eigenvalue weighted by Gasteiger charge is -2.29. The van der Waals surface area contributed by atoms with Crippen molar-refractivity contribution in [3.05, 3.63) is 143 Å². The molecule has 0 unspecified atom stereocenters. The highest BCUT2D eigenvalue weighted by molar-refractivity contribution is 7.25. The van der Waals surface area contributed by atoms with Crippen LogP contribution in [0.2, 0.25) is 0 Å². The SMILES string of the molecule is FC(F)(F)c1ccc(-c2cc3c(s2)-c2sc(-c4ccc(C(F)(F)F)cc4)cc2C32c3ccccc3-c3ccccc32)cc1. The van der Waals surface area contributed by atoms with Crippen LogP contribution in [-0.4, -0.2) is 0 Å². The first-order chi connectivity index (χ1) is 20.6. The number of alkyl halides is 6. The molecule has 0 saturated heterocycles. The van der Waals surface area contributed by atoms with Crippen molar-refractivity contribution in [1.82, 2.24) is 0 Å². The Morgan fingerprint density at radius 2 is 0.814 bits per heavy atom. The zero-order valence-electron chi connectivity index (χ0n) is 22.0. The van der Waals surface area contributed by atoms with Crippen molar-refractivity contribution in [3.8, 4) is 41.8 Å². The fourth-order valence-electron chi connectivity index (χ4n) is 6.57. The normalized spacial score (nSPS) is 14.5. The van der Waals surface area contributed by atoms with Gasteiger partial charge in [-0.05, 0) is 80.9 Å². The van der Waals surface area contributed by atoms with E-state index in [2.05, 4.69) is 36.4 Å². The summed E-state index contributed by atoms with van der Waals surface area (Å²) in [5.41, 5.74) is 5.95. The molecule has 6 aromatic rings. The molecular weight excluding hydrogens is 599 g/mol. The van der Waals surface area contributed by atoms with E-state index < -0.39 is 28.9 Å². The van der Waals surface area contributed by atoms with Crippen molar-refractivity contribution in [3.63, 3.8) is 0 Å². The van der Waals surface area contributed by atoms with Crippen LogP contribution < -0.4 is 0 Å². The summed E-state index contributed by atoms with van der Waals surface area (Å²) in [6.45, 7) is 0. The molecule has 2 aliphatic rings. The summed E-state index contributed by atoms with van der Waals surface area (Å²) in [7, 11) is 0. The minimum absolute atomic E-state index is 0.654. The van der Waals surface area contributed by atoms with Crippen LogP contribution in [0.5, 0.6) is 0 Å². The van der Waals surface area contributed by atoms with Crippen LogP contribution in [-0.2, 0) is 17.8 Å². The molecule has 2 aromatic heterocycles. The molecule has 212 valence electrons. The Hall–Kier alpha value is -4.14. The number of rotatable bonds is 2. The van der Waals surface area contributed by atoms with Gasteiger partial charge in [0, 0.05) is 9.75 Å². The highest BCUT2D eigenvalue weighted by atomic mass is 32.1. The molecule has 0 fully saturated rings. The van der Waals surface area contributed by atoms with Gasteiger partial charge in [-0.15, -0.1) is 22.7 Å². The molecule has 4 aromatic carbocycles. The summed E-state index contributed by atoms with van der Waals surface area (Å²) < 4.78 is 79.6. The van der Waals surface area contributed by atoms with Gasteiger partial charge in [-0.25, -0.2) is 0 Å². The fourth-order valence-corrected chi connectivity index (χ4v) is 9.17.